The van der Waals surface area contributed by atoms with Gasteiger partial charge in [0.05, 0.1) is 12.6 Å². The van der Waals surface area contributed by atoms with Gasteiger partial charge in [0.1, 0.15) is 17.2 Å². The molecular weight excluding hydrogens is 264 g/mol. The molecule has 3 aromatic rings. The molecule has 2 N–H and O–H groups in total. The SMILES string of the molecule is CN(Cc1nccn1C)CC(N)c1cc2ccccc2o1. The maximum absolute atomic E-state index is 6.26. The van der Waals surface area contributed by atoms with Gasteiger partial charge in [-0.15, -0.1) is 0 Å². The van der Waals surface area contributed by atoms with E-state index in [1.165, 1.54) is 0 Å². The summed E-state index contributed by atoms with van der Waals surface area (Å²) >= 11 is 0. The van der Waals surface area contributed by atoms with Gasteiger partial charge >= 0.3 is 0 Å². The molecule has 5 heteroatoms. The molecule has 21 heavy (non-hydrogen) atoms. The van der Waals surface area contributed by atoms with Gasteiger partial charge < -0.3 is 14.7 Å². The van der Waals surface area contributed by atoms with Crippen LogP contribution in [0.3, 0.4) is 0 Å². The van der Waals surface area contributed by atoms with E-state index in [-0.39, 0.29) is 6.04 Å². The Bertz CT molecular complexity index is 698. The van der Waals surface area contributed by atoms with E-state index in [0.717, 1.165) is 29.1 Å². The molecule has 0 saturated heterocycles. The number of fused-ring (bicyclic) bond motifs is 1. The van der Waals surface area contributed by atoms with E-state index in [2.05, 4.69) is 9.88 Å². The van der Waals surface area contributed by atoms with Crippen molar-refractivity contribution in [3.05, 3.63) is 54.3 Å². The minimum Gasteiger partial charge on any atom is -0.459 e. The number of hydrogen-bond donors (Lipinski definition) is 1. The Morgan fingerprint density at radius 1 is 1.38 bits per heavy atom. The molecule has 0 fully saturated rings. The smallest absolute Gasteiger partial charge is 0.134 e. The van der Waals surface area contributed by atoms with Gasteiger partial charge in [0, 0.05) is 31.4 Å². The van der Waals surface area contributed by atoms with E-state index >= 15 is 0 Å². The number of rotatable bonds is 5. The van der Waals surface area contributed by atoms with E-state index in [0.29, 0.717) is 6.54 Å². The molecule has 2 aromatic heterocycles. The molecule has 0 saturated carbocycles. The zero-order valence-electron chi connectivity index (χ0n) is 12.4. The van der Waals surface area contributed by atoms with Gasteiger partial charge in [-0.05, 0) is 19.2 Å². The molecule has 1 aromatic carbocycles. The lowest BCUT2D eigenvalue weighted by molar-refractivity contribution is 0.282. The van der Waals surface area contributed by atoms with Crippen LogP contribution in [0.25, 0.3) is 11.0 Å². The van der Waals surface area contributed by atoms with Crippen molar-refractivity contribution in [3.8, 4) is 0 Å². The first kappa shape index (κ1) is 13.9. The third-order valence-electron chi connectivity index (χ3n) is 3.65. The Morgan fingerprint density at radius 2 is 2.19 bits per heavy atom. The van der Waals surface area contributed by atoms with E-state index < -0.39 is 0 Å². The minimum atomic E-state index is -0.150. The third kappa shape index (κ3) is 2.99. The molecule has 0 bridgehead atoms. The fourth-order valence-corrected chi connectivity index (χ4v) is 2.47. The molecule has 3 rings (SSSR count). The Labute approximate surface area is 124 Å². The summed E-state index contributed by atoms with van der Waals surface area (Å²) in [6, 6.07) is 9.83. The summed E-state index contributed by atoms with van der Waals surface area (Å²) in [4.78, 5) is 6.48. The van der Waals surface area contributed by atoms with Crippen LogP contribution < -0.4 is 5.73 Å². The van der Waals surface area contributed by atoms with Crippen molar-refractivity contribution in [2.75, 3.05) is 13.6 Å². The van der Waals surface area contributed by atoms with Crippen LogP contribution in [0.5, 0.6) is 0 Å². The highest BCUT2D eigenvalue weighted by atomic mass is 16.3. The van der Waals surface area contributed by atoms with Crippen LogP contribution in [0.2, 0.25) is 0 Å². The van der Waals surface area contributed by atoms with Crippen LogP contribution in [0.4, 0.5) is 0 Å². The van der Waals surface area contributed by atoms with Crippen molar-refractivity contribution in [1.29, 1.82) is 0 Å². The number of aromatic nitrogens is 2. The second-order valence-electron chi connectivity index (χ2n) is 5.44. The second kappa shape index (κ2) is 5.71. The van der Waals surface area contributed by atoms with Crippen LogP contribution in [0, 0.1) is 0 Å². The average Bonchev–Trinajstić information content (AvgIpc) is 3.05. The number of furan rings is 1. The van der Waals surface area contributed by atoms with E-state index in [4.69, 9.17) is 10.2 Å². The summed E-state index contributed by atoms with van der Waals surface area (Å²) in [5.74, 6) is 1.84. The fourth-order valence-electron chi connectivity index (χ4n) is 2.47. The summed E-state index contributed by atoms with van der Waals surface area (Å²) < 4.78 is 7.83. The van der Waals surface area contributed by atoms with Crippen LogP contribution in [0.15, 0.2) is 47.1 Å². The van der Waals surface area contributed by atoms with Crippen molar-refractivity contribution in [1.82, 2.24) is 14.5 Å². The molecule has 1 unspecified atom stereocenters. The quantitative estimate of drug-likeness (QED) is 0.781. The fraction of sp³-hybridized carbons (Fsp3) is 0.312. The Balaban J connectivity index is 1.67. The average molecular weight is 284 g/mol. The minimum absolute atomic E-state index is 0.150. The topological polar surface area (TPSA) is 60.2 Å². The molecule has 0 amide bonds. The van der Waals surface area contributed by atoms with Crippen molar-refractivity contribution < 1.29 is 4.42 Å². The van der Waals surface area contributed by atoms with Crippen molar-refractivity contribution in [3.63, 3.8) is 0 Å². The lowest BCUT2D eigenvalue weighted by Gasteiger charge is -2.19. The van der Waals surface area contributed by atoms with E-state index in [9.17, 15) is 0 Å². The first-order chi connectivity index (χ1) is 10.1. The first-order valence-electron chi connectivity index (χ1n) is 7.02. The number of nitrogens with two attached hydrogens (primary N) is 1. The number of imidazole rings is 1. The Kier molecular flexibility index (Phi) is 3.77. The summed E-state index contributed by atoms with van der Waals surface area (Å²) in [7, 11) is 4.03. The van der Waals surface area contributed by atoms with Gasteiger partial charge in [-0.2, -0.15) is 0 Å². The zero-order valence-corrected chi connectivity index (χ0v) is 12.4. The lowest BCUT2D eigenvalue weighted by Crippen LogP contribution is -2.29. The normalized spacial score (nSPS) is 13.1. The zero-order chi connectivity index (χ0) is 14.8. The summed E-state index contributed by atoms with van der Waals surface area (Å²) in [5, 5.41) is 1.09. The van der Waals surface area contributed by atoms with E-state index in [1.54, 1.807) is 0 Å². The summed E-state index contributed by atoms with van der Waals surface area (Å²) in [6.07, 6.45) is 3.75. The van der Waals surface area contributed by atoms with Crippen molar-refractivity contribution in [2.45, 2.75) is 12.6 Å². The molecule has 2 heterocycles. The number of benzene rings is 1. The molecule has 0 aliphatic carbocycles. The van der Waals surface area contributed by atoms with Gasteiger partial charge in [-0.25, -0.2) is 4.98 Å². The molecule has 0 spiro atoms. The monoisotopic (exact) mass is 284 g/mol. The molecule has 0 radical (unpaired) electrons. The first-order valence-corrected chi connectivity index (χ1v) is 7.02. The second-order valence-corrected chi connectivity index (χ2v) is 5.44. The van der Waals surface area contributed by atoms with Gasteiger partial charge in [0.15, 0.2) is 0 Å². The molecule has 110 valence electrons. The van der Waals surface area contributed by atoms with Crippen LogP contribution >= 0.6 is 0 Å². The number of nitrogens with zero attached hydrogens (tertiary/aromatic N) is 3. The van der Waals surface area contributed by atoms with Gasteiger partial charge in [0.25, 0.3) is 0 Å². The van der Waals surface area contributed by atoms with Crippen molar-refractivity contribution in [2.24, 2.45) is 12.8 Å². The highest BCUT2D eigenvalue weighted by molar-refractivity contribution is 5.77. The molecule has 5 nitrogen and oxygen atoms in total. The summed E-state index contributed by atoms with van der Waals surface area (Å²) in [6.45, 7) is 1.48. The maximum Gasteiger partial charge on any atom is 0.134 e. The maximum atomic E-state index is 6.26. The predicted molar refractivity (Wildman–Crippen MR) is 82.7 cm³/mol. The van der Waals surface area contributed by atoms with Crippen molar-refractivity contribution >= 4 is 11.0 Å². The van der Waals surface area contributed by atoms with Crippen LogP contribution in [-0.2, 0) is 13.6 Å². The highest BCUT2D eigenvalue weighted by Crippen LogP contribution is 2.23. The number of likely N-dealkylation sites (N-methyl/N-ethyl adjacent to an activating group) is 1. The van der Waals surface area contributed by atoms with Crippen LogP contribution in [-0.4, -0.2) is 28.0 Å². The lowest BCUT2D eigenvalue weighted by atomic mass is 10.2. The molecular formula is C16H20N4O. The largest absolute Gasteiger partial charge is 0.459 e. The highest BCUT2D eigenvalue weighted by Gasteiger charge is 2.15. The molecule has 0 aliphatic heterocycles. The van der Waals surface area contributed by atoms with E-state index in [1.807, 2.05) is 61.4 Å². The third-order valence-corrected chi connectivity index (χ3v) is 3.65. The van der Waals surface area contributed by atoms with Gasteiger partial charge in [-0.1, -0.05) is 18.2 Å². The molecule has 1 atom stereocenters. The number of aryl methyl sites for hydroxylation is 1. The Morgan fingerprint density at radius 3 is 2.90 bits per heavy atom. The van der Waals surface area contributed by atoms with Gasteiger partial charge in [-0.3, -0.25) is 4.90 Å². The predicted octanol–water partition coefficient (Wildman–Crippen LogP) is 2.30. The molecule has 0 aliphatic rings. The standard InChI is InChI=1S/C16H20N4O/c1-19(11-16-18-7-8-20(16)2)10-13(17)15-9-12-5-3-4-6-14(12)21-15/h3-9,13H,10-11,17H2,1-2H3. The number of hydrogen-bond acceptors (Lipinski definition) is 4. The number of para-hydroxylation sites is 1. The Hall–Kier alpha value is -2.11. The van der Waals surface area contributed by atoms with Gasteiger partial charge in [0.2, 0.25) is 0 Å². The van der Waals surface area contributed by atoms with Crippen LogP contribution in [0.1, 0.15) is 17.6 Å². The summed E-state index contributed by atoms with van der Waals surface area (Å²) in [5.41, 5.74) is 7.15.